The lowest BCUT2D eigenvalue weighted by atomic mass is 10.1. The van der Waals surface area contributed by atoms with Gasteiger partial charge in [-0.05, 0) is 65.6 Å². The van der Waals surface area contributed by atoms with Gasteiger partial charge in [0, 0.05) is 18.9 Å². The highest BCUT2D eigenvalue weighted by Gasteiger charge is 2.10. The highest BCUT2D eigenvalue weighted by atomic mass is 16.5. The molecule has 1 N–H and O–H groups in total. The van der Waals surface area contributed by atoms with Crippen LogP contribution >= 0.6 is 0 Å². The summed E-state index contributed by atoms with van der Waals surface area (Å²) in [5.74, 6) is 1.55. The molecule has 2 aromatic carbocycles. The summed E-state index contributed by atoms with van der Waals surface area (Å²) in [5.41, 5.74) is 2.77. The molecular weight excluding hydrogens is 418 g/mol. The lowest BCUT2D eigenvalue weighted by molar-refractivity contribution is -0.117. The molecule has 33 heavy (non-hydrogen) atoms. The molecule has 0 saturated carbocycles. The predicted molar refractivity (Wildman–Crippen MR) is 125 cm³/mol. The number of pyridine rings is 1. The van der Waals surface area contributed by atoms with Gasteiger partial charge in [-0.25, -0.2) is 0 Å². The molecule has 7 nitrogen and oxygen atoms in total. The number of rotatable bonds is 10. The van der Waals surface area contributed by atoms with Crippen molar-refractivity contribution in [2.24, 2.45) is 0 Å². The second kappa shape index (κ2) is 11.9. The van der Waals surface area contributed by atoms with E-state index >= 15 is 0 Å². The number of nitriles is 1. The molecule has 0 aliphatic heterocycles. The summed E-state index contributed by atoms with van der Waals surface area (Å²) in [6.07, 6.45) is 5.58. The largest absolute Gasteiger partial charge is 0.493 e. The molecule has 0 bridgehead atoms. The SMILES string of the molecule is COc1ccc(CCNC(=O)C(C#N)=Cc2ccc(OCc3ccncc3)cc2)cc1OC. The Kier molecular flexibility index (Phi) is 8.43. The zero-order valence-electron chi connectivity index (χ0n) is 18.6. The fourth-order valence-electron chi connectivity index (χ4n) is 3.07. The number of aromatic nitrogens is 1. The molecule has 3 rings (SSSR count). The normalized spacial score (nSPS) is 10.8. The van der Waals surface area contributed by atoms with Crippen molar-refractivity contribution in [2.75, 3.05) is 20.8 Å². The van der Waals surface area contributed by atoms with E-state index in [2.05, 4.69) is 10.3 Å². The summed E-state index contributed by atoms with van der Waals surface area (Å²) >= 11 is 0. The Morgan fingerprint density at radius 1 is 1.00 bits per heavy atom. The lowest BCUT2D eigenvalue weighted by Crippen LogP contribution is -2.26. The maximum absolute atomic E-state index is 12.4. The van der Waals surface area contributed by atoms with Gasteiger partial charge in [0.2, 0.25) is 0 Å². The molecule has 0 aliphatic rings. The maximum Gasteiger partial charge on any atom is 0.261 e. The van der Waals surface area contributed by atoms with E-state index in [1.54, 1.807) is 57.0 Å². The van der Waals surface area contributed by atoms with Crippen LogP contribution in [0.3, 0.4) is 0 Å². The fourth-order valence-corrected chi connectivity index (χ4v) is 3.07. The third kappa shape index (κ3) is 6.84. The second-order valence-corrected chi connectivity index (χ2v) is 7.08. The van der Waals surface area contributed by atoms with Crippen LogP contribution in [0.25, 0.3) is 6.08 Å². The van der Waals surface area contributed by atoms with Crippen molar-refractivity contribution in [3.05, 3.63) is 89.3 Å². The molecule has 1 heterocycles. The standard InChI is InChI=1S/C26H25N3O4/c1-31-24-8-5-20(16-25(24)32-2)11-14-29-26(30)22(17-27)15-19-3-6-23(7-4-19)33-18-21-9-12-28-13-10-21/h3-10,12-13,15-16H,11,14,18H2,1-2H3,(H,29,30). The summed E-state index contributed by atoms with van der Waals surface area (Å²) in [6.45, 7) is 0.818. The number of hydrogen-bond acceptors (Lipinski definition) is 6. The number of methoxy groups -OCH3 is 2. The molecule has 0 atom stereocenters. The minimum atomic E-state index is -0.420. The monoisotopic (exact) mass is 443 g/mol. The average Bonchev–Trinajstić information content (AvgIpc) is 2.87. The van der Waals surface area contributed by atoms with Gasteiger partial charge in [-0.3, -0.25) is 9.78 Å². The van der Waals surface area contributed by atoms with Gasteiger partial charge < -0.3 is 19.5 Å². The molecule has 0 fully saturated rings. The molecule has 0 unspecified atom stereocenters. The van der Waals surface area contributed by atoms with Crippen LogP contribution in [-0.4, -0.2) is 31.7 Å². The Labute approximate surface area is 193 Å². The Morgan fingerprint density at radius 2 is 1.73 bits per heavy atom. The van der Waals surface area contributed by atoms with Crippen molar-refractivity contribution >= 4 is 12.0 Å². The maximum atomic E-state index is 12.4. The van der Waals surface area contributed by atoms with Gasteiger partial charge in [-0.1, -0.05) is 18.2 Å². The van der Waals surface area contributed by atoms with Gasteiger partial charge in [0.05, 0.1) is 14.2 Å². The topological polar surface area (TPSA) is 93.5 Å². The van der Waals surface area contributed by atoms with Gasteiger partial charge in [-0.15, -0.1) is 0 Å². The zero-order chi connectivity index (χ0) is 23.5. The Morgan fingerprint density at radius 3 is 2.39 bits per heavy atom. The molecule has 3 aromatic rings. The Balaban J connectivity index is 1.54. The Hall–Kier alpha value is -4.31. The van der Waals surface area contributed by atoms with Gasteiger partial charge in [-0.2, -0.15) is 5.26 Å². The molecule has 1 aromatic heterocycles. The van der Waals surface area contributed by atoms with Crippen LogP contribution in [0.1, 0.15) is 16.7 Å². The third-order valence-corrected chi connectivity index (χ3v) is 4.86. The summed E-state index contributed by atoms with van der Waals surface area (Å²) in [4.78, 5) is 16.4. The number of carbonyl (C=O) groups excluding carboxylic acids is 1. The van der Waals surface area contributed by atoms with E-state index in [0.717, 1.165) is 16.7 Å². The van der Waals surface area contributed by atoms with Crippen molar-refractivity contribution < 1.29 is 19.0 Å². The first kappa shape index (κ1) is 23.4. The second-order valence-electron chi connectivity index (χ2n) is 7.08. The van der Waals surface area contributed by atoms with Crippen LogP contribution in [0.2, 0.25) is 0 Å². The molecule has 0 saturated heterocycles. The van der Waals surface area contributed by atoms with E-state index in [0.29, 0.717) is 36.8 Å². The first-order valence-electron chi connectivity index (χ1n) is 10.4. The molecule has 0 radical (unpaired) electrons. The first-order chi connectivity index (χ1) is 16.1. The molecule has 0 spiro atoms. The van der Waals surface area contributed by atoms with Crippen molar-refractivity contribution in [3.63, 3.8) is 0 Å². The van der Waals surface area contributed by atoms with Crippen molar-refractivity contribution in [3.8, 4) is 23.3 Å². The zero-order valence-corrected chi connectivity index (χ0v) is 18.6. The minimum absolute atomic E-state index is 0.0350. The summed E-state index contributed by atoms with van der Waals surface area (Å²) in [6, 6.07) is 18.6. The highest BCUT2D eigenvalue weighted by Crippen LogP contribution is 2.27. The van der Waals surface area contributed by atoms with E-state index in [1.807, 2.05) is 36.4 Å². The van der Waals surface area contributed by atoms with Gasteiger partial charge in [0.1, 0.15) is 24.0 Å². The lowest BCUT2D eigenvalue weighted by Gasteiger charge is -2.10. The third-order valence-electron chi connectivity index (χ3n) is 4.86. The predicted octanol–water partition coefficient (Wildman–Crippen LogP) is 3.94. The van der Waals surface area contributed by atoms with Crippen LogP contribution in [-0.2, 0) is 17.8 Å². The van der Waals surface area contributed by atoms with Gasteiger partial charge >= 0.3 is 0 Å². The highest BCUT2D eigenvalue weighted by molar-refractivity contribution is 6.01. The molecule has 0 aliphatic carbocycles. The van der Waals surface area contributed by atoms with Crippen LogP contribution in [0.5, 0.6) is 17.2 Å². The van der Waals surface area contributed by atoms with E-state index in [4.69, 9.17) is 14.2 Å². The summed E-state index contributed by atoms with van der Waals surface area (Å²) in [7, 11) is 3.16. The fraction of sp³-hybridized carbons (Fsp3) is 0.192. The number of carbonyl (C=O) groups is 1. The van der Waals surface area contributed by atoms with Crippen LogP contribution < -0.4 is 19.5 Å². The van der Waals surface area contributed by atoms with Gasteiger partial charge in [0.15, 0.2) is 11.5 Å². The van der Waals surface area contributed by atoms with E-state index < -0.39 is 5.91 Å². The van der Waals surface area contributed by atoms with E-state index in [9.17, 15) is 10.1 Å². The number of ether oxygens (including phenoxy) is 3. The smallest absolute Gasteiger partial charge is 0.261 e. The Bertz CT molecular complexity index is 1140. The summed E-state index contributed by atoms with van der Waals surface area (Å²) in [5, 5.41) is 12.2. The number of nitrogens with zero attached hydrogens (tertiary/aromatic N) is 2. The number of amides is 1. The van der Waals surface area contributed by atoms with Gasteiger partial charge in [0.25, 0.3) is 5.91 Å². The van der Waals surface area contributed by atoms with Crippen molar-refractivity contribution in [2.45, 2.75) is 13.0 Å². The van der Waals surface area contributed by atoms with Crippen molar-refractivity contribution in [1.29, 1.82) is 5.26 Å². The minimum Gasteiger partial charge on any atom is -0.493 e. The average molecular weight is 444 g/mol. The van der Waals surface area contributed by atoms with Crippen LogP contribution in [0, 0.1) is 11.3 Å². The molecule has 1 amide bonds. The van der Waals surface area contributed by atoms with E-state index in [1.165, 1.54) is 0 Å². The molecule has 168 valence electrons. The van der Waals surface area contributed by atoms with E-state index in [-0.39, 0.29) is 5.57 Å². The summed E-state index contributed by atoms with van der Waals surface area (Å²) < 4.78 is 16.3. The molecule has 7 heteroatoms. The number of hydrogen-bond donors (Lipinski definition) is 1. The molecular formula is C26H25N3O4. The first-order valence-corrected chi connectivity index (χ1v) is 10.4. The van der Waals surface area contributed by atoms with Crippen LogP contribution in [0.15, 0.2) is 72.6 Å². The van der Waals surface area contributed by atoms with Crippen molar-refractivity contribution in [1.82, 2.24) is 10.3 Å². The van der Waals surface area contributed by atoms with Crippen LogP contribution in [0.4, 0.5) is 0 Å². The quantitative estimate of drug-likeness (QED) is 0.377. The number of benzene rings is 2. The number of nitrogens with one attached hydrogen (secondary N) is 1.